The van der Waals surface area contributed by atoms with Crippen molar-refractivity contribution in [1.29, 1.82) is 0 Å². The highest BCUT2D eigenvalue weighted by Gasteiger charge is 2.22. The van der Waals surface area contributed by atoms with Crippen LogP contribution in [-0.4, -0.2) is 23.2 Å². The number of aliphatic hydroxyl groups excluding tert-OH is 1. The quantitative estimate of drug-likeness (QED) is 0.839. The average Bonchev–Trinajstić information content (AvgIpc) is 2.58. The van der Waals surface area contributed by atoms with E-state index in [2.05, 4.69) is 21.2 Å². The minimum Gasteiger partial charge on any atom is -0.391 e. The van der Waals surface area contributed by atoms with Crippen LogP contribution in [0.3, 0.4) is 0 Å². The van der Waals surface area contributed by atoms with E-state index in [1.54, 1.807) is 0 Å². The number of aliphatic hydroxyl groups is 1. The molecule has 3 nitrogen and oxygen atoms in total. The van der Waals surface area contributed by atoms with Gasteiger partial charge in [0.15, 0.2) is 0 Å². The smallest absolute Gasteiger partial charge is 0.224 e. The number of amides is 1. The van der Waals surface area contributed by atoms with Gasteiger partial charge in [-0.15, -0.1) is 0 Å². The van der Waals surface area contributed by atoms with Gasteiger partial charge in [0.25, 0.3) is 0 Å². The Morgan fingerprint density at radius 2 is 1.89 bits per heavy atom. The predicted molar refractivity (Wildman–Crippen MR) is 78.9 cm³/mol. The molecule has 4 heteroatoms. The molecule has 19 heavy (non-hydrogen) atoms. The summed E-state index contributed by atoms with van der Waals surface area (Å²) in [4.78, 5) is 12.0. The number of carbonyl (C=O) groups excluding carboxylic acids is 1. The third-order valence-corrected chi connectivity index (χ3v) is 4.13. The maximum absolute atomic E-state index is 12.0. The van der Waals surface area contributed by atoms with Gasteiger partial charge in [0.1, 0.15) is 0 Å². The summed E-state index contributed by atoms with van der Waals surface area (Å²) in [5.41, 5.74) is 0.990. The summed E-state index contributed by atoms with van der Waals surface area (Å²) in [6, 6.07) is 7.66. The van der Waals surface area contributed by atoms with Gasteiger partial charge in [-0.3, -0.25) is 4.79 Å². The maximum atomic E-state index is 12.0. The molecule has 0 spiro atoms. The third-order valence-electron chi connectivity index (χ3n) is 3.60. The Morgan fingerprint density at radius 3 is 2.63 bits per heavy atom. The zero-order valence-corrected chi connectivity index (χ0v) is 12.5. The van der Waals surface area contributed by atoms with Crippen LogP contribution in [-0.2, 0) is 11.2 Å². The van der Waals surface area contributed by atoms with Crippen molar-refractivity contribution in [3.8, 4) is 0 Å². The second-order valence-electron chi connectivity index (χ2n) is 5.18. The minimum atomic E-state index is -0.392. The summed E-state index contributed by atoms with van der Waals surface area (Å²) >= 11 is 3.37. The van der Waals surface area contributed by atoms with E-state index in [9.17, 15) is 9.90 Å². The second-order valence-corrected chi connectivity index (χ2v) is 6.10. The van der Waals surface area contributed by atoms with E-state index < -0.39 is 6.10 Å². The first kappa shape index (κ1) is 14.5. The maximum Gasteiger partial charge on any atom is 0.224 e. The largest absolute Gasteiger partial charge is 0.391 e. The summed E-state index contributed by atoms with van der Waals surface area (Å²) in [5.74, 6) is -0.00623. The Morgan fingerprint density at radius 1 is 1.21 bits per heavy atom. The van der Waals surface area contributed by atoms with Crippen molar-refractivity contribution in [2.45, 2.75) is 50.7 Å². The number of rotatable bonds is 3. The fourth-order valence-electron chi connectivity index (χ4n) is 2.50. The number of carbonyl (C=O) groups is 1. The first-order chi connectivity index (χ1) is 9.15. The molecule has 0 saturated heterocycles. The van der Waals surface area contributed by atoms with Gasteiger partial charge in [-0.2, -0.15) is 0 Å². The first-order valence-electron chi connectivity index (χ1n) is 6.87. The summed E-state index contributed by atoms with van der Waals surface area (Å²) in [6.45, 7) is 0. The van der Waals surface area contributed by atoms with Crippen LogP contribution in [0.1, 0.15) is 37.7 Å². The lowest BCUT2D eigenvalue weighted by atomic mass is 10.1. The lowest BCUT2D eigenvalue weighted by molar-refractivity contribution is -0.122. The van der Waals surface area contributed by atoms with E-state index in [1.165, 1.54) is 0 Å². The van der Waals surface area contributed by atoms with Gasteiger partial charge in [-0.1, -0.05) is 47.3 Å². The molecule has 2 unspecified atom stereocenters. The van der Waals surface area contributed by atoms with E-state index in [-0.39, 0.29) is 11.9 Å². The van der Waals surface area contributed by atoms with Gasteiger partial charge in [-0.05, 0) is 30.5 Å². The second kappa shape index (κ2) is 7.06. The zero-order valence-electron chi connectivity index (χ0n) is 10.9. The monoisotopic (exact) mass is 325 g/mol. The molecule has 1 saturated carbocycles. The summed E-state index contributed by atoms with van der Waals surface area (Å²) in [5, 5.41) is 13.0. The van der Waals surface area contributed by atoms with Crippen LogP contribution in [0.15, 0.2) is 28.7 Å². The zero-order chi connectivity index (χ0) is 13.7. The van der Waals surface area contributed by atoms with Gasteiger partial charge in [0.05, 0.1) is 18.6 Å². The molecule has 104 valence electrons. The van der Waals surface area contributed by atoms with E-state index >= 15 is 0 Å². The molecule has 0 aromatic heterocycles. The Balaban J connectivity index is 1.87. The molecule has 2 N–H and O–H groups in total. The topological polar surface area (TPSA) is 49.3 Å². The Kier molecular flexibility index (Phi) is 5.40. The molecule has 0 aliphatic heterocycles. The van der Waals surface area contributed by atoms with Gasteiger partial charge in [0.2, 0.25) is 5.91 Å². The summed E-state index contributed by atoms with van der Waals surface area (Å²) < 4.78 is 1.01. The van der Waals surface area contributed by atoms with Crippen LogP contribution in [0.5, 0.6) is 0 Å². The van der Waals surface area contributed by atoms with Crippen LogP contribution >= 0.6 is 15.9 Å². The highest BCUT2D eigenvalue weighted by atomic mass is 79.9. The molecule has 1 aliphatic rings. The molecule has 2 rings (SSSR count). The molecule has 2 atom stereocenters. The average molecular weight is 326 g/mol. The van der Waals surface area contributed by atoms with Crippen LogP contribution in [0.4, 0.5) is 0 Å². The van der Waals surface area contributed by atoms with Crippen LogP contribution < -0.4 is 5.32 Å². The van der Waals surface area contributed by atoms with E-state index in [0.29, 0.717) is 6.42 Å². The number of hydrogen-bond acceptors (Lipinski definition) is 2. The summed E-state index contributed by atoms with van der Waals surface area (Å²) in [7, 11) is 0. The highest BCUT2D eigenvalue weighted by molar-refractivity contribution is 9.10. The van der Waals surface area contributed by atoms with Gasteiger partial charge in [0, 0.05) is 4.47 Å². The van der Waals surface area contributed by atoms with Gasteiger partial charge < -0.3 is 10.4 Å². The van der Waals surface area contributed by atoms with Crippen molar-refractivity contribution in [1.82, 2.24) is 5.32 Å². The predicted octanol–water partition coefficient (Wildman–Crippen LogP) is 2.80. The third kappa shape index (κ3) is 4.62. The van der Waals surface area contributed by atoms with Gasteiger partial charge in [-0.25, -0.2) is 0 Å². The number of hydrogen-bond donors (Lipinski definition) is 2. The van der Waals surface area contributed by atoms with Crippen molar-refractivity contribution in [3.05, 3.63) is 34.3 Å². The SMILES string of the molecule is O=C(Cc1ccc(Br)cc1)NC1CCCCCC1O. The molecular formula is C15H20BrNO2. The number of benzene rings is 1. The molecule has 0 bridgehead atoms. The fourth-order valence-corrected chi connectivity index (χ4v) is 2.77. The standard InChI is InChI=1S/C15H20BrNO2/c16-12-8-6-11(7-9-12)10-15(19)17-13-4-2-1-3-5-14(13)18/h6-9,13-14,18H,1-5,10H2,(H,17,19). The van der Waals surface area contributed by atoms with Crippen molar-refractivity contribution < 1.29 is 9.90 Å². The molecule has 1 fully saturated rings. The van der Waals surface area contributed by atoms with Crippen LogP contribution in [0, 0.1) is 0 Å². The summed E-state index contributed by atoms with van der Waals surface area (Å²) in [6.07, 6.45) is 4.94. The minimum absolute atomic E-state index is 0.00623. The Bertz CT molecular complexity index is 419. The van der Waals surface area contributed by atoms with Crippen molar-refractivity contribution in [3.63, 3.8) is 0 Å². The fraction of sp³-hybridized carbons (Fsp3) is 0.533. The lowest BCUT2D eigenvalue weighted by Gasteiger charge is -2.21. The van der Waals surface area contributed by atoms with Crippen molar-refractivity contribution >= 4 is 21.8 Å². The van der Waals surface area contributed by atoms with E-state index in [1.807, 2.05) is 24.3 Å². The van der Waals surface area contributed by atoms with Crippen molar-refractivity contribution in [2.75, 3.05) is 0 Å². The van der Waals surface area contributed by atoms with E-state index in [0.717, 1.165) is 42.1 Å². The van der Waals surface area contributed by atoms with Crippen molar-refractivity contribution in [2.24, 2.45) is 0 Å². The lowest BCUT2D eigenvalue weighted by Crippen LogP contribution is -2.43. The first-order valence-corrected chi connectivity index (χ1v) is 7.66. The molecule has 0 radical (unpaired) electrons. The Hall–Kier alpha value is -0.870. The molecule has 0 heterocycles. The van der Waals surface area contributed by atoms with Gasteiger partial charge >= 0.3 is 0 Å². The molecule has 1 aromatic carbocycles. The molecule has 1 aromatic rings. The molecule has 1 amide bonds. The molecular weight excluding hydrogens is 306 g/mol. The van der Waals surface area contributed by atoms with E-state index in [4.69, 9.17) is 0 Å². The Labute approximate surface area is 122 Å². The number of halogens is 1. The van der Waals surface area contributed by atoms with Crippen LogP contribution in [0.2, 0.25) is 0 Å². The normalized spacial score (nSPS) is 23.7. The highest BCUT2D eigenvalue weighted by Crippen LogP contribution is 2.18. The van der Waals surface area contributed by atoms with Crippen LogP contribution in [0.25, 0.3) is 0 Å². The number of nitrogens with one attached hydrogen (secondary N) is 1. The molecule has 1 aliphatic carbocycles.